The lowest BCUT2D eigenvalue weighted by Crippen LogP contribution is -2.11. The third-order valence-electron chi connectivity index (χ3n) is 3.64. The van der Waals surface area contributed by atoms with Crippen LogP contribution in [0.4, 0.5) is 17.1 Å². The molecule has 0 spiro atoms. The van der Waals surface area contributed by atoms with Crippen molar-refractivity contribution in [1.29, 1.82) is 0 Å². The Kier molecular flexibility index (Phi) is 4.82. The zero-order valence-corrected chi connectivity index (χ0v) is 14.0. The fourth-order valence-corrected chi connectivity index (χ4v) is 2.44. The molecule has 0 radical (unpaired) electrons. The van der Waals surface area contributed by atoms with E-state index >= 15 is 0 Å². The first kappa shape index (κ1) is 16.1. The quantitative estimate of drug-likeness (QED) is 0.647. The van der Waals surface area contributed by atoms with Crippen molar-refractivity contribution >= 4 is 34.6 Å². The van der Waals surface area contributed by atoms with Crippen LogP contribution in [-0.2, 0) is 0 Å². The average Bonchev–Trinajstić information content (AvgIpc) is 2.60. The third kappa shape index (κ3) is 3.94. The summed E-state index contributed by atoms with van der Waals surface area (Å²) in [6.07, 6.45) is 0. The molecule has 3 nitrogen and oxygen atoms in total. The van der Waals surface area contributed by atoms with Crippen LogP contribution < -0.4 is 10.6 Å². The van der Waals surface area contributed by atoms with E-state index in [9.17, 15) is 4.79 Å². The molecular weight excluding hydrogens is 320 g/mol. The van der Waals surface area contributed by atoms with Gasteiger partial charge >= 0.3 is 0 Å². The minimum absolute atomic E-state index is 0.180. The summed E-state index contributed by atoms with van der Waals surface area (Å²) in [6.45, 7) is 1.91. The molecule has 0 aliphatic heterocycles. The predicted molar refractivity (Wildman–Crippen MR) is 100 cm³/mol. The zero-order valence-electron chi connectivity index (χ0n) is 13.2. The SMILES string of the molecule is Cc1ccc(C(=O)Nc2ccc(Nc3ccccc3)cc2)cc1Cl. The predicted octanol–water partition coefficient (Wildman–Crippen LogP) is 5.64. The van der Waals surface area contributed by atoms with Gasteiger partial charge in [-0.25, -0.2) is 0 Å². The van der Waals surface area contributed by atoms with Crippen molar-refractivity contribution in [2.45, 2.75) is 6.92 Å². The zero-order chi connectivity index (χ0) is 16.9. The maximum Gasteiger partial charge on any atom is 0.255 e. The van der Waals surface area contributed by atoms with Crippen molar-refractivity contribution in [3.8, 4) is 0 Å². The van der Waals surface area contributed by atoms with Gasteiger partial charge in [0, 0.05) is 27.6 Å². The maximum atomic E-state index is 12.3. The summed E-state index contributed by atoms with van der Waals surface area (Å²) in [7, 11) is 0. The molecule has 24 heavy (non-hydrogen) atoms. The minimum atomic E-state index is -0.180. The highest BCUT2D eigenvalue weighted by atomic mass is 35.5. The number of benzene rings is 3. The number of anilines is 3. The smallest absolute Gasteiger partial charge is 0.255 e. The maximum absolute atomic E-state index is 12.3. The van der Waals surface area contributed by atoms with Gasteiger partial charge in [-0.05, 0) is 61.0 Å². The van der Waals surface area contributed by atoms with Gasteiger partial charge in [-0.15, -0.1) is 0 Å². The van der Waals surface area contributed by atoms with Crippen molar-refractivity contribution in [3.05, 3.63) is 88.9 Å². The van der Waals surface area contributed by atoms with E-state index in [1.165, 1.54) is 0 Å². The highest BCUT2D eigenvalue weighted by Gasteiger charge is 2.08. The van der Waals surface area contributed by atoms with Gasteiger partial charge in [-0.1, -0.05) is 35.9 Å². The highest BCUT2D eigenvalue weighted by molar-refractivity contribution is 6.31. The molecule has 4 heteroatoms. The second-order valence-corrected chi connectivity index (χ2v) is 5.89. The number of rotatable bonds is 4. The lowest BCUT2D eigenvalue weighted by molar-refractivity contribution is 0.102. The number of carbonyl (C=O) groups is 1. The molecule has 3 rings (SSSR count). The molecule has 0 heterocycles. The molecule has 0 aliphatic carbocycles. The second kappa shape index (κ2) is 7.20. The van der Waals surface area contributed by atoms with Gasteiger partial charge in [-0.3, -0.25) is 4.79 Å². The molecule has 0 atom stereocenters. The van der Waals surface area contributed by atoms with Crippen molar-refractivity contribution in [3.63, 3.8) is 0 Å². The van der Waals surface area contributed by atoms with Gasteiger partial charge in [0.1, 0.15) is 0 Å². The Balaban J connectivity index is 1.67. The van der Waals surface area contributed by atoms with Gasteiger partial charge in [0.15, 0.2) is 0 Å². The van der Waals surface area contributed by atoms with Gasteiger partial charge in [0.25, 0.3) is 5.91 Å². The van der Waals surface area contributed by atoms with E-state index in [2.05, 4.69) is 10.6 Å². The largest absolute Gasteiger partial charge is 0.356 e. The van der Waals surface area contributed by atoms with E-state index in [1.807, 2.05) is 67.6 Å². The number of nitrogens with one attached hydrogen (secondary N) is 2. The van der Waals surface area contributed by atoms with Crippen LogP contribution in [0.5, 0.6) is 0 Å². The molecule has 0 aliphatic rings. The fraction of sp³-hybridized carbons (Fsp3) is 0.0500. The van der Waals surface area contributed by atoms with E-state index in [0.29, 0.717) is 10.6 Å². The molecule has 3 aromatic carbocycles. The summed E-state index contributed by atoms with van der Waals surface area (Å²) in [5, 5.41) is 6.76. The summed E-state index contributed by atoms with van der Waals surface area (Å²) in [6, 6.07) is 22.8. The van der Waals surface area contributed by atoms with Crippen molar-refractivity contribution in [2.24, 2.45) is 0 Å². The molecule has 0 saturated carbocycles. The summed E-state index contributed by atoms with van der Waals surface area (Å²) >= 11 is 6.07. The van der Waals surface area contributed by atoms with Crippen LogP contribution in [0.15, 0.2) is 72.8 Å². The molecule has 0 saturated heterocycles. The summed E-state index contributed by atoms with van der Waals surface area (Å²) in [5.41, 5.74) is 4.19. The Morgan fingerprint density at radius 3 is 2.12 bits per heavy atom. The van der Waals surface area contributed by atoms with E-state index in [0.717, 1.165) is 22.6 Å². The Morgan fingerprint density at radius 2 is 1.46 bits per heavy atom. The van der Waals surface area contributed by atoms with Crippen LogP contribution in [0.1, 0.15) is 15.9 Å². The monoisotopic (exact) mass is 336 g/mol. The normalized spacial score (nSPS) is 10.2. The minimum Gasteiger partial charge on any atom is -0.356 e. The van der Waals surface area contributed by atoms with Crippen LogP contribution >= 0.6 is 11.6 Å². The number of hydrogen-bond donors (Lipinski definition) is 2. The van der Waals surface area contributed by atoms with E-state index < -0.39 is 0 Å². The number of carbonyl (C=O) groups excluding carboxylic acids is 1. The Labute approximate surface area is 146 Å². The van der Waals surface area contributed by atoms with Gasteiger partial charge in [0.2, 0.25) is 0 Å². The number of aryl methyl sites for hydroxylation is 1. The summed E-state index contributed by atoms with van der Waals surface area (Å²) < 4.78 is 0. The molecule has 1 amide bonds. The third-order valence-corrected chi connectivity index (χ3v) is 4.05. The number of hydrogen-bond acceptors (Lipinski definition) is 2. The van der Waals surface area contributed by atoms with Crippen LogP contribution in [0, 0.1) is 6.92 Å². The van der Waals surface area contributed by atoms with E-state index in [-0.39, 0.29) is 5.91 Å². The molecule has 2 N–H and O–H groups in total. The first-order chi connectivity index (χ1) is 11.6. The van der Waals surface area contributed by atoms with Gasteiger partial charge < -0.3 is 10.6 Å². The number of amides is 1. The molecule has 0 aromatic heterocycles. The number of halogens is 1. The molecule has 0 bridgehead atoms. The summed E-state index contributed by atoms with van der Waals surface area (Å²) in [4.78, 5) is 12.3. The Morgan fingerprint density at radius 1 is 0.833 bits per heavy atom. The Hall–Kier alpha value is -2.78. The van der Waals surface area contributed by atoms with Crippen LogP contribution in [0.3, 0.4) is 0 Å². The van der Waals surface area contributed by atoms with Gasteiger partial charge in [-0.2, -0.15) is 0 Å². The van der Waals surface area contributed by atoms with Crippen molar-refractivity contribution in [2.75, 3.05) is 10.6 Å². The molecule has 0 fully saturated rings. The second-order valence-electron chi connectivity index (χ2n) is 5.49. The van der Waals surface area contributed by atoms with Crippen LogP contribution in [0.25, 0.3) is 0 Å². The fourth-order valence-electron chi connectivity index (χ4n) is 2.26. The summed E-state index contributed by atoms with van der Waals surface area (Å²) in [5.74, 6) is -0.180. The number of para-hydroxylation sites is 1. The topological polar surface area (TPSA) is 41.1 Å². The first-order valence-corrected chi connectivity index (χ1v) is 7.99. The van der Waals surface area contributed by atoms with Crippen LogP contribution in [-0.4, -0.2) is 5.91 Å². The molecule has 120 valence electrons. The van der Waals surface area contributed by atoms with E-state index in [4.69, 9.17) is 11.6 Å². The Bertz CT molecular complexity index is 845. The van der Waals surface area contributed by atoms with Crippen LogP contribution in [0.2, 0.25) is 5.02 Å². The highest BCUT2D eigenvalue weighted by Crippen LogP contribution is 2.20. The van der Waals surface area contributed by atoms with Crippen molar-refractivity contribution in [1.82, 2.24) is 0 Å². The van der Waals surface area contributed by atoms with E-state index in [1.54, 1.807) is 12.1 Å². The standard InChI is InChI=1S/C20H17ClN2O/c1-14-7-8-15(13-19(14)21)20(24)23-18-11-9-17(10-12-18)22-16-5-3-2-4-6-16/h2-13,22H,1H3,(H,23,24). The van der Waals surface area contributed by atoms with Gasteiger partial charge in [0.05, 0.1) is 0 Å². The van der Waals surface area contributed by atoms with Crippen molar-refractivity contribution < 1.29 is 4.79 Å². The average molecular weight is 337 g/mol. The lowest BCUT2D eigenvalue weighted by atomic mass is 10.1. The molecule has 3 aromatic rings. The molecular formula is C20H17ClN2O. The first-order valence-electron chi connectivity index (χ1n) is 7.61. The lowest BCUT2D eigenvalue weighted by Gasteiger charge is -2.09. The molecule has 0 unspecified atom stereocenters.